The fourth-order valence-corrected chi connectivity index (χ4v) is 2.61. The van der Waals surface area contributed by atoms with E-state index in [2.05, 4.69) is 9.97 Å². The molecule has 4 nitrogen and oxygen atoms in total. The van der Waals surface area contributed by atoms with E-state index in [0.717, 1.165) is 11.3 Å². The Labute approximate surface area is 132 Å². The van der Waals surface area contributed by atoms with Gasteiger partial charge >= 0.3 is 0 Å². The maximum atomic E-state index is 13.2. The predicted octanol–water partition coefficient (Wildman–Crippen LogP) is 3.24. The first kappa shape index (κ1) is 14.7. The van der Waals surface area contributed by atoms with Crippen LogP contribution in [0.25, 0.3) is 11.3 Å². The van der Waals surface area contributed by atoms with Crippen molar-refractivity contribution in [3.63, 3.8) is 0 Å². The van der Waals surface area contributed by atoms with Crippen LogP contribution in [0.4, 0.5) is 4.39 Å². The van der Waals surface area contributed by atoms with Crippen molar-refractivity contribution in [2.24, 2.45) is 5.73 Å². The summed E-state index contributed by atoms with van der Waals surface area (Å²) in [5.41, 5.74) is 9.12. The van der Waals surface area contributed by atoms with Gasteiger partial charge in [-0.05, 0) is 29.8 Å². The number of aromatic nitrogens is 3. The Morgan fingerprint density at radius 1 is 1.27 bits per heavy atom. The average molecular weight is 317 g/mol. The summed E-state index contributed by atoms with van der Waals surface area (Å²) in [5, 5.41) is 0.321. The Kier molecular flexibility index (Phi) is 4.18. The number of hydrogen-bond donors (Lipinski definition) is 1. The highest BCUT2D eigenvalue weighted by Gasteiger charge is 2.15. The monoisotopic (exact) mass is 316 g/mol. The first-order chi connectivity index (χ1) is 10.7. The molecule has 0 aliphatic rings. The molecule has 0 amide bonds. The van der Waals surface area contributed by atoms with E-state index in [9.17, 15) is 4.39 Å². The number of imidazole rings is 1. The number of benzene rings is 1. The van der Waals surface area contributed by atoms with Crippen molar-refractivity contribution in [2.45, 2.75) is 13.1 Å². The van der Waals surface area contributed by atoms with Gasteiger partial charge in [0, 0.05) is 24.5 Å². The van der Waals surface area contributed by atoms with Gasteiger partial charge in [0.25, 0.3) is 0 Å². The standard InChI is InChI=1S/C16H14ClFN4/c17-14-6-12(18)3-4-13(14)16-15(7-19)22(10-21-16)9-11-2-1-5-20-8-11/h1-6,8,10H,7,9,19H2. The van der Waals surface area contributed by atoms with Gasteiger partial charge in [-0.25, -0.2) is 9.37 Å². The minimum absolute atomic E-state index is 0.309. The molecule has 0 fully saturated rings. The fourth-order valence-electron chi connectivity index (χ4n) is 2.35. The van der Waals surface area contributed by atoms with Crippen LogP contribution in [0.5, 0.6) is 0 Å². The first-order valence-electron chi connectivity index (χ1n) is 6.77. The molecule has 0 saturated carbocycles. The Hall–Kier alpha value is -2.24. The molecule has 2 aromatic heterocycles. The Bertz CT molecular complexity index is 786. The lowest BCUT2D eigenvalue weighted by atomic mass is 10.1. The van der Waals surface area contributed by atoms with Crippen LogP contribution < -0.4 is 5.73 Å². The van der Waals surface area contributed by atoms with Crippen LogP contribution in [0.15, 0.2) is 49.1 Å². The predicted molar refractivity (Wildman–Crippen MR) is 83.9 cm³/mol. The molecule has 3 aromatic rings. The molecular formula is C16H14ClFN4. The van der Waals surface area contributed by atoms with E-state index in [4.69, 9.17) is 17.3 Å². The van der Waals surface area contributed by atoms with Crippen molar-refractivity contribution < 1.29 is 4.39 Å². The van der Waals surface area contributed by atoms with E-state index in [1.54, 1.807) is 24.8 Å². The number of nitrogens with two attached hydrogens (primary N) is 1. The maximum Gasteiger partial charge on any atom is 0.124 e. The zero-order valence-corrected chi connectivity index (χ0v) is 12.5. The van der Waals surface area contributed by atoms with E-state index >= 15 is 0 Å². The van der Waals surface area contributed by atoms with Gasteiger partial charge in [0.1, 0.15) is 5.82 Å². The highest BCUT2D eigenvalue weighted by atomic mass is 35.5. The molecule has 0 spiro atoms. The molecule has 0 atom stereocenters. The third-order valence-corrected chi connectivity index (χ3v) is 3.71. The highest BCUT2D eigenvalue weighted by molar-refractivity contribution is 6.33. The van der Waals surface area contributed by atoms with Gasteiger partial charge < -0.3 is 10.3 Å². The van der Waals surface area contributed by atoms with E-state index in [0.29, 0.717) is 29.4 Å². The molecule has 22 heavy (non-hydrogen) atoms. The number of pyridine rings is 1. The van der Waals surface area contributed by atoms with Crippen molar-refractivity contribution in [3.8, 4) is 11.3 Å². The molecule has 1 aromatic carbocycles. The molecule has 0 saturated heterocycles. The van der Waals surface area contributed by atoms with Crippen molar-refractivity contribution in [3.05, 3.63) is 71.2 Å². The van der Waals surface area contributed by atoms with Crippen molar-refractivity contribution in [1.29, 1.82) is 0 Å². The summed E-state index contributed by atoms with van der Waals surface area (Å²) in [6, 6.07) is 8.12. The van der Waals surface area contributed by atoms with Crippen molar-refractivity contribution in [2.75, 3.05) is 0 Å². The van der Waals surface area contributed by atoms with Crippen LogP contribution in [0.1, 0.15) is 11.3 Å². The van der Waals surface area contributed by atoms with Gasteiger partial charge in [-0.1, -0.05) is 17.7 Å². The van der Waals surface area contributed by atoms with E-state index < -0.39 is 0 Å². The molecule has 2 N–H and O–H groups in total. The third-order valence-electron chi connectivity index (χ3n) is 3.40. The molecular weight excluding hydrogens is 303 g/mol. The van der Waals surface area contributed by atoms with Crippen molar-refractivity contribution in [1.82, 2.24) is 14.5 Å². The SMILES string of the molecule is NCc1c(-c2ccc(F)cc2Cl)ncn1Cc1cccnc1. The highest BCUT2D eigenvalue weighted by Crippen LogP contribution is 2.30. The molecule has 112 valence electrons. The smallest absolute Gasteiger partial charge is 0.124 e. The number of rotatable bonds is 4. The van der Waals surface area contributed by atoms with Crippen molar-refractivity contribution >= 4 is 11.6 Å². The van der Waals surface area contributed by atoms with Gasteiger partial charge in [0.05, 0.1) is 29.3 Å². The Balaban J connectivity index is 2.00. The summed E-state index contributed by atoms with van der Waals surface area (Å²) in [7, 11) is 0. The van der Waals surface area contributed by atoms with Crippen LogP contribution in [-0.4, -0.2) is 14.5 Å². The summed E-state index contributed by atoms with van der Waals surface area (Å²) in [5.74, 6) is -0.377. The lowest BCUT2D eigenvalue weighted by molar-refractivity contribution is 0.628. The quantitative estimate of drug-likeness (QED) is 0.804. The first-order valence-corrected chi connectivity index (χ1v) is 7.15. The van der Waals surface area contributed by atoms with Crippen LogP contribution in [0, 0.1) is 5.82 Å². The minimum atomic E-state index is -0.377. The van der Waals surface area contributed by atoms with Gasteiger partial charge in [-0.15, -0.1) is 0 Å². The summed E-state index contributed by atoms with van der Waals surface area (Å²) in [6.07, 6.45) is 5.24. The fraction of sp³-hybridized carbons (Fsp3) is 0.125. The second-order valence-corrected chi connectivity index (χ2v) is 5.26. The zero-order chi connectivity index (χ0) is 15.5. The molecule has 0 aliphatic carbocycles. The topological polar surface area (TPSA) is 56.7 Å². The molecule has 3 rings (SSSR count). The van der Waals surface area contributed by atoms with Gasteiger partial charge in [0.2, 0.25) is 0 Å². The normalized spacial score (nSPS) is 10.9. The van der Waals surface area contributed by atoms with E-state index in [1.165, 1.54) is 12.1 Å². The van der Waals surface area contributed by atoms with Gasteiger partial charge in [-0.2, -0.15) is 0 Å². The largest absolute Gasteiger partial charge is 0.328 e. The average Bonchev–Trinajstić information content (AvgIpc) is 2.91. The van der Waals surface area contributed by atoms with Crippen LogP contribution in [-0.2, 0) is 13.1 Å². The second kappa shape index (κ2) is 6.25. The summed E-state index contributed by atoms with van der Waals surface area (Å²) < 4.78 is 15.1. The van der Waals surface area contributed by atoms with Crippen LogP contribution in [0.2, 0.25) is 5.02 Å². The van der Waals surface area contributed by atoms with E-state index in [-0.39, 0.29) is 5.82 Å². The zero-order valence-electron chi connectivity index (χ0n) is 11.7. The molecule has 0 unspecified atom stereocenters. The molecule has 0 aliphatic heterocycles. The second-order valence-electron chi connectivity index (χ2n) is 4.86. The molecule has 0 radical (unpaired) electrons. The van der Waals surface area contributed by atoms with Gasteiger partial charge in [0.15, 0.2) is 0 Å². The Morgan fingerprint density at radius 3 is 2.82 bits per heavy atom. The molecule has 0 bridgehead atoms. The van der Waals surface area contributed by atoms with Crippen LogP contribution in [0.3, 0.4) is 0 Å². The van der Waals surface area contributed by atoms with Crippen LogP contribution >= 0.6 is 11.6 Å². The molecule has 2 heterocycles. The lowest BCUT2D eigenvalue weighted by Gasteiger charge is -2.09. The van der Waals surface area contributed by atoms with Gasteiger partial charge in [-0.3, -0.25) is 4.98 Å². The number of hydrogen-bond acceptors (Lipinski definition) is 3. The third kappa shape index (κ3) is 2.86. The van der Waals surface area contributed by atoms with E-state index in [1.807, 2.05) is 16.7 Å². The lowest BCUT2D eigenvalue weighted by Crippen LogP contribution is -2.09. The number of halogens is 2. The summed E-state index contributed by atoms with van der Waals surface area (Å²) in [4.78, 5) is 8.50. The number of nitrogens with zero attached hydrogens (tertiary/aromatic N) is 3. The summed E-state index contributed by atoms with van der Waals surface area (Å²) >= 11 is 6.12. The summed E-state index contributed by atoms with van der Waals surface area (Å²) in [6.45, 7) is 0.926. The minimum Gasteiger partial charge on any atom is -0.328 e. The maximum absolute atomic E-state index is 13.2. The Morgan fingerprint density at radius 2 is 2.14 bits per heavy atom. The molecule has 6 heteroatoms.